The Labute approximate surface area is 378 Å². The monoisotopic (exact) mass is 823 g/mol. The fourth-order valence-corrected chi connectivity index (χ4v) is 11.5. The molecule has 0 bridgehead atoms. The van der Waals surface area contributed by atoms with Gasteiger partial charge in [-0.1, -0.05) is 170 Å². The molecule has 1 heteroatoms. The Bertz CT molecular complexity index is 3170. The molecule has 0 heterocycles. The van der Waals surface area contributed by atoms with Crippen molar-refractivity contribution in [2.75, 3.05) is 4.90 Å². The number of hydrogen-bond acceptors (Lipinski definition) is 1. The molecule has 6 aromatic carbocycles. The van der Waals surface area contributed by atoms with E-state index in [1.165, 1.54) is 99.9 Å². The van der Waals surface area contributed by atoms with E-state index in [0.29, 0.717) is 11.8 Å². The van der Waals surface area contributed by atoms with E-state index in [-0.39, 0.29) is 0 Å². The molecular formula is C63H53N. The van der Waals surface area contributed by atoms with E-state index in [1.807, 2.05) is 0 Å². The summed E-state index contributed by atoms with van der Waals surface area (Å²) in [5.74, 6) is 0.843. The zero-order valence-electron chi connectivity index (χ0n) is 36.5. The van der Waals surface area contributed by atoms with Gasteiger partial charge in [-0.2, -0.15) is 0 Å². The summed E-state index contributed by atoms with van der Waals surface area (Å²) in [5, 5.41) is 5.44. The lowest BCUT2D eigenvalue weighted by atomic mass is 9.68. The Morgan fingerprint density at radius 1 is 0.609 bits per heavy atom. The average molecular weight is 824 g/mol. The molecule has 0 aromatic heterocycles. The van der Waals surface area contributed by atoms with Crippen LogP contribution in [0.4, 0.5) is 5.69 Å². The smallest absolute Gasteiger partial charge is 0.0464 e. The van der Waals surface area contributed by atoms with Crippen molar-refractivity contribution in [2.45, 2.75) is 63.7 Å². The number of fused-ring (bicyclic) bond motifs is 11. The van der Waals surface area contributed by atoms with Crippen LogP contribution in [0.25, 0.3) is 50.4 Å². The quantitative estimate of drug-likeness (QED) is 0.109. The van der Waals surface area contributed by atoms with Crippen molar-refractivity contribution in [3.05, 3.63) is 250 Å². The molecule has 0 fully saturated rings. The first-order valence-electron chi connectivity index (χ1n) is 23.7. The van der Waals surface area contributed by atoms with E-state index < -0.39 is 0 Å². The maximum atomic E-state index is 2.55. The summed E-state index contributed by atoms with van der Waals surface area (Å²) in [6.07, 6.45) is 42.6. The number of benzene rings is 6. The molecule has 0 radical (unpaired) electrons. The van der Waals surface area contributed by atoms with Gasteiger partial charge in [-0.15, -0.1) is 0 Å². The highest BCUT2D eigenvalue weighted by Gasteiger charge is 2.34. The molecule has 12 rings (SSSR count). The Kier molecular flexibility index (Phi) is 10.1. The van der Waals surface area contributed by atoms with Gasteiger partial charge in [0.15, 0.2) is 0 Å². The molecule has 2 unspecified atom stereocenters. The highest BCUT2D eigenvalue weighted by Crippen LogP contribution is 2.50. The van der Waals surface area contributed by atoms with Gasteiger partial charge in [-0.25, -0.2) is 0 Å². The molecule has 1 nitrogen and oxygen atoms in total. The Hall–Kier alpha value is -6.96. The molecule has 0 amide bonds. The van der Waals surface area contributed by atoms with Crippen molar-refractivity contribution in [2.24, 2.45) is 5.92 Å². The summed E-state index contributed by atoms with van der Waals surface area (Å²) in [5.41, 5.74) is 20.7. The molecular weight excluding hydrogens is 771 g/mol. The standard InChI is InChI=1S/C63H53N/c1-3-15-45(16-4-1)48(40-44-29-37-60-56-23-9-7-19-52(56)54-21-11-13-25-58(54)62(60)41-44)39-43-27-30-46(31-28-43)47-32-34-50(35-33-47)64(49-17-5-2-6-18-49)51-36-38-61-57-24-10-8-20-53(57)55-22-12-14-26-59(55)63(61)42-51/h1,3-5,7-8,10-13,15-22,24-25,27-32,34,36-38,40-42,53,57H,2,6,9,14,23,26,33,35,39H2. The van der Waals surface area contributed by atoms with Crippen molar-refractivity contribution in [3.63, 3.8) is 0 Å². The van der Waals surface area contributed by atoms with E-state index in [0.717, 1.165) is 57.8 Å². The number of hydrogen-bond donors (Lipinski definition) is 0. The molecule has 2 atom stereocenters. The average Bonchev–Trinajstić information content (AvgIpc) is 3.37. The van der Waals surface area contributed by atoms with Gasteiger partial charge < -0.3 is 4.90 Å². The third-order valence-electron chi connectivity index (χ3n) is 14.6. The fourth-order valence-electron chi connectivity index (χ4n) is 11.5. The molecule has 0 aliphatic heterocycles. The minimum Gasteiger partial charge on any atom is -0.315 e. The maximum absolute atomic E-state index is 2.55. The lowest BCUT2D eigenvalue weighted by Crippen LogP contribution is -2.25. The Balaban J connectivity index is 0.842. The van der Waals surface area contributed by atoms with E-state index in [2.05, 4.69) is 205 Å². The number of nitrogens with zero attached hydrogens (tertiary/aromatic N) is 1. The van der Waals surface area contributed by atoms with Crippen LogP contribution < -0.4 is 4.90 Å². The highest BCUT2D eigenvalue weighted by molar-refractivity contribution is 6.13. The molecule has 6 aromatic rings. The predicted molar refractivity (Wildman–Crippen MR) is 274 cm³/mol. The van der Waals surface area contributed by atoms with Crippen LogP contribution in [-0.2, 0) is 12.8 Å². The zero-order valence-corrected chi connectivity index (χ0v) is 36.5. The SMILES string of the molecule is C1=CC2C3=C(CCC=C3)c3cc(N(C4=CCCC=C4)C4=CC=C(c5ccc(CC(=Cc6ccc7c8c(c9ccccc9c7c6)C=CCC8)c6ccccc6)cc5)CC4)ccc3C2C=C1. The van der Waals surface area contributed by atoms with Gasteiger partial charge in [-0.3, -0.25) is 0 Å². The third-order valence-corrected chi connectivity index (χ3v) is 14.6. The van der Waals surface area contributed by atoms with Crippen molar-refractivity contribution in [1.29, 1.82) is 0 Å². The molecule has 6 aliphatic carbocycles. The summed E-state index contributed by atoms with van der Waals surface area (Å²) in [6.45, 7) is 0. The van der Waals surface area contributed by atoms with Gasteiger partial charge in [0.05, 0.1) is 0 Å². The van der Waals surface area contributed by atoms with Gasteiger partial charge in [0.25, 0.3) is 0 Å². The van der Waals surface area contributed by atoms with Gasteiger partial charge >= 0.3 is 0 Å². The van der Waals surface area contributed by atoms with Crippen LogP contribution in [0.3, 0.4) is 0 Å². The van der Waals surface area contributed by atoms with Crippen molar-refractivity contribution in [1.82, 2.24) is 0 Å². The van der Waals surface area contributed by atoms with Crippen LogP contribution >= 0.6 is 0 Å². The molecule has 64 heavy (non-hydrogen) atoms. The van der Waals surface area contributed by atoms with Crippen LogP contribution in [0, 0.1) is 5.92 Å². The second kappa shape index (κ2) is 16.6. The summed E-state index contributed by atoms with van der Waals surface area (Å²) >= 11 is 0. The number of rotatable bonds is 8. The summed E-state index contributed by atoms with van der Waals surface area (Å²) in [6, 6.07) is 43.8. The first kappa shape index (κ1) is 38.7. The van der Waals surface area contributed by atoms with Crippen molar-refractivity contribution >= 4 is 56.1 Å². The second-order valence-electron chi connectivity index (χ2n) is 18.4. The van der Waals surface area contributed by atoms with E-state index in [9.17, 15) is 0 Å². The van der Waals surface area contributed by atoms with Gasteiger partial charge in [-0.05, 0) is 176 Å². The fraction of sp³-hybridized carbons (Fsp3) is 0.175. The van der Waals surface area contributed by atoms with Crippen LogP contribution in [-0.4, -0.2) is 0 Å². The molecule has 0 saturated carbocycles. The third kappa shape index (κ3) is 7.05. The van der Waals surface area contributed by atoms with Gasteiger partial charge in [0.2, 0.25) is 0 Å². The first-order chi connectivity index (χ1) is 31.7. The normalized spacial score (nSPS) is 19.8. The van der Waals surface area contributed by atoms with E-state index in [1.54, 1.807) is 5.57 Å². The predicted octanol–water partition coefficient (Wildman–Crippen LogP) is 16.5. The molecule has 310 valence electrons. The molecule has 0 N–H and O–H groups in total. The Morgan fingerprint density at radius 2 is 1.42 bits per heavy atom. The zero-order chi connectivity index (χ0) is 42.4. The van der Waals surface area contributed by atoms with Crippen LogP contribution in [0.1, 0.15) is 95.4 Å². The number of aryl methyl sites for hydroxylation is 1. The van der Waals surface area contributed by atoms with Crippen molar-refractivity contribution in [3.8, 4) is 0 Å². The largest absolute Gasteiger partial charge is 0.315 e. The minimum absolute atomic E-state index is 0.401. The molecule has 0 saturated heterocycles. The number of anilines is 1. The topological polar surface area (TPSA) is 3.24 Å². The summed E-state index contributed by atoms with van der Waals surface area (Å²) in [7, 11) is 0. The Morgan fingerprint density at radius 3 is 2.27 bits per heavy atom. The van der Waals surface area contributed by atoms with Gasteiger partial charge in [0, 0.05) is 28.9 Å². The van der Waals surface area contributed by atoms with Crippen LogP contribution in [0.15, 0.2) is 205 Å². The summed E-state index contributed by atoms with van der Waals surface area (Å²) in [4.78, 5) is 2.55. The maximum Gasteiger partial charge on any atom is 0.0464 e. The first-order valence-corrected chi connectivity index (χ1v) is 23.7. The van der Waals surface area contributed by atoms with Crippen LogP contribution in [0.5, 0.6) is 0 Å². The minimum atomic E-state index is 0.401. The summed E-state index contributed by atoms with van der Waals surface area (Å²) < 4.78 is 0. The lowest BCUT2D eigenvalue weighted by Gasteiger charge is -2.38. The van der Waals surface area contributed by atoms with Crippen LogP contribution in [0.2, 0.25) is 0 Å². The number of allylic oxidation sites excluding steroid dienone is 17. The van der Waals surface area contributed by atoms with E-state index >= 15 is 0 Å². The van der Waals surface area contributed by atoms with E-state index in [4.69, 9.17) is 0 Å². The lowest BCUT2D eigenvalue weighted by molar-refractivity contribution is 0.655. The second-order valence-corrected chi connectivity index (χ2v) is 18.4. The van der Waals surface area contributed by atoms with Crippen molar-refractivity contribution < 1.29 is 0 Å². The highest BCUT2D eigenvalue weighted by atomic mass is 15.2. The molecule has 6 aliphatic rings. The molecule has 0 spiro atoms. The van der Waals surface area contributed by atoms with Gasteiger partial charge in [0.1, 0.15) is 0 Å².